The van der Waals surface area contributed by atoms with Crippen molar-refractivity contribution in [3.05, 3.63) is 71.8 Å². The maximum atomic E-state index is 12.8. The van der Waals surface area contributed by atoms with Crippen LogP contribution in [0.4, 0.5) is 0 Å². The molecular formula is C23H30N2O. The van der Waals surface area contributed by atoms with E-state index in [1.807, 2.05) is 26.8 Å². The summed E-state index contributed by atoms with van der Waals surface area (Å²) < 4.78 is 0. The van der Waals surface area contributed by atoms with Crippen LogP contribution in [0.1, 0.15) is 44.7 Å². The number of hydrogen-bond donors (Lipinski definition) is 1. The Morgan fingerprint density at radius 2 is 1.50 bits per heavy atom. The van der Waals surface area contributed by atoms with Gasteiger partial charge in [-0.25, -0.2) is 0 Å². The van der Waals surface area contributed by atoms with Gasteiger partial charge in [0.1, 0.15) is 0 Å². The third-order valence-electron chi connectivity index (χ3n) is 5.32. The van der Waals surface area contributed by atoms with Crippen LogP contribution in [0.5, 0.6) is 0 Å². The fraction of sp³-hybridized carbons (Fsp3) is 0.435. The monoisotopic (exact) mass is 350 g/mol. The quantitative estimate of drug-likeness (QED) is 0.889. The maximum absolute atomic E-state index is 12.8. The van der Waals surface area contributed by atoms with Gasteiger partial charge in [0, 0.05) is 25.0 Å². The van der Waals surface area contributed by atoms with Crippen molar-refractivity contribution in [3.63, 3.8) is 0 Å². The summed E-state index contributed by atoms with van der Waals surface area (Å²) in [5, 5.41) is 3.41. The molecule has 1 fully saturated rings. The maximum Gasteiger partial charge on any atom is 0.226 e. The van der Waals surface area contributed by atoms with Gasteiger partial charge in [0.05, 0.1) is 5.54 Å². The van der Waals surface area contributed by atoms with E-state index < -0.39 is 0 Å². The second-order valence-electron chi connectivity index (χ2n) is 8.41. The highest BCUT2D eigenvalue weighted by molar-refractivity contribution is 5.82. The first-order valence-electron chi connectivity index (χ1n) is 9.53. The van der Waals surface area contributed by atoms with Gasteiger partial charge in [0.15, 0.2) is 0 Å². The molecule has 1 saturated heterocycles. The number of carbonyl (C=O) groups is 1. The number of piperidine rings is 1. The SMILES string of the molecule is CC(C)(C)C(=O)NC1(c2ccccc2)CCN(Cc2ccccc2)CC1. The predicted octanol–water partition coefficient (Wildman–Crippen LogP) is 4.34. The van der Waals surface area contributed by atoms with E-state index >= 15 is 0 Å². The minimum Gasteiger partial charge on any atom is -0.346 e. The van der Waals surface area contributed by atoms with E-state index in [2.05, 4.69) is 64.8 Å². The highest BCUT2D eigenvalue weighted by Crippen LogP contribution is 2.34. The van der Waals surface area contributed by atoms with E-state index in [-0.39, 0.29) is 16.9 Å². The molecular weight excluding hydrogens is 320 g/mol. The molecule has 138 valence electrons. The minimum atomic E-state index is -0.386. The average Bonchev–Trinajstić information content (AvgIpc) is 2.64. The molecule has 1 amide bonds. The Morgan fingerprint density at radius 3 is 2.04 bits per heavy atom. The third kappa shape index (κ3) is 4.34. The molecule has 0 aromatic heterocycles. The summed E-state index contributed by atoms with van der Waals surface area (Å²) in [6, 6.07) is 21.1. The smallest absolute Gasteiger partial charge is 0.226 e. The topological polar surface area (TPSA) is 32.3 Å². The van der Waals surface area contributed by atoms with Crippen LogP contribution < -0.4 is 5.32 Å². The standard InChI is InChI=1S/C23H30N2O/c1-22(2,3)21(26)24-23(20-12-8-5-9-13-20)14-16-25(17-15-23)18-19-10-6-4-7-11-19/h4-13H,14-18H2,1-3H3,(H,24,26). The van der Waals surface area contributed by atoms with Gasteiger partial charge in [-0.1, -0.05) is 81.4 Å². The van der Waals surface area contributed by atoms with Crippen LogP contribution in [0, 0.1) is 5.41 Å². The number of nitrogens with zero attached hydrogens (tertiary/aromatic N) is 1. The second-order valence-corrected chi connectivity index (χ2v) is 8.41. The summed E-state index contributed by atoms with van der Waals surface area (Å²) in [4.78, 5) is 15.2. The minimum absolute atomic E-state index is 0.123. The molecule has 0 unspecified atom stereocenters. The Bertz CT molecular complexity index is 711. The number of hydrogen-bond acceptors (Lipinski definition) is 2. The Labute approximate surface area is 157 Å². The number of nitrogens with one attached hydrogen (secondary N) is 1. The molecule has 0 aliphatic carbocycles. The zero-order valence-corrected chi connectivity index (χ0v) is 16.2. The molecule has 0 saturated carbocycles. The Hall–Kier alpha value is -2.13. The Balaban J connectivity index is 1.75. The van der Waals surface area contributed by atoms with Gasteiger partial charge in [-0.2, -0.15) is 0 Å². The average molecular weight is 351 g/mol. The lowest BCUT2D eigenvalue weighted by atomic mass is 9.79. The molecule has 1 aliphatic heterocycles. The summed E-state index contributed by atoms with van der Waals surface area (Å²) in [5.74, 6) is 0.123. The van der Waals surface area contributed by atoms with Crippen molar-refractivity contribution in [2.75, 3.05) is 13.1 Å². The lowest BCUT2D eigenvalue weighted by Crippen LogP contribution is -2.55. The lowest BCUT2D eigenvalue weighted by molar-refractivity contribution is -0.131. The summed E-state index contributed by atoms with van der Waals surface area (Å²) in [6.07, 6.45) is 1.87. The number of likely N-dealkylation sites (tertiary alicyclic amines) is 1. The van der Waals surface area contributed by atoms with Crippen LogP contribution in [-0.4, -0.2) is 23.9 Å². The molecule has 2 aromatic rings. The molecule has 1 N–H and O–H groups in total. The van der Waals surface area contributed by atoms with E-state index in [1.165, 1.54) is 11.1 Å². The van der Waals surface area contributed by atoms with Crippen LogP contribution in [0.15, 0.2) is 60.7 Å². The fourth-order valence-corrected chi connectivity index (χ4v) is 3.58. The van der Waals surface area contributed by atoms with Gasteiger partial charge < -0.3 is 5.32 Å². The van der Waals surface area contributed by atoms with Crippen molar-refractivity contribution in [1.82, 2.24) is 10.2 Å². The van der Waals surface area contributed by atoms with Gasteiger partial charge in [-0.05, 0) is 24.0 Å². The molecule has 3 rings (SSSR count). The second kappa shape index (κ2) is 7.63. The third-order valence-corrected chi connectivity index (χ3v) is 5.32. The Kier molecular flexibility index (Phi) is 5.47. The van der Waals surface area contributed by atoms with Crippen LogP contribution >= 0.6 is 0 Å². The predicted molar refractivity (Wildman–Crippen MR) is 107 cm³/mol. The van der Waals surface area contributed by atoms with Gasteiger partial charge in [-0.3, -0.25) is 9.69 Å². The zero-order valence-electron chi connectivity index (χ0n) is 16.2. The lowest BCUT2D eigenvalue weighted by Gasteiger charge is -2.44. The largest absolute Gasteiger partial charge is 0.346 e. The molecule has 2 aromatic carbocycles. The number of rotatable bonds is 4. The van der Waals surface area contributed by atoms with E-state index in [9.17, 15) is 4.79 Å². The van der Waals surface area contributed by atoms with Crippen LogP contribution in [0.3, 0.4) is 0 Å². The van der Waals surface area contributed by atoms with Crippen LogP contribution in [0.25, 0.3) is 0 Å². The van der Waals surface area contributed by atoms with E-state index in [0.717, 1.165) is 32.5 Å². The molecule has 0 bridgehead atoms. The van der Waals surface area contributed by atoms with Crippen molar-refractivity contribution >= 4 is 5.91 Å². The molecule has 1 aliphatic rings. The molecule has 26 heavy (non-hydrogen) atoms. The number of benzene rings is 2. The summed E-state index contributed by atoms with van der Waals surface area (Å²) in [5.41, 5.74) is 1.91. The first-order valence-corrected chi connectivity index (χ1v) is 9.53. The van der Waals surface area contributed by atoms with E-state index in [4.69, 9.17) is 0 Å². The van der Waals surface area contributed by atoms with Crippen LogP contribution in [-0.2, 0) is 16.9 Å². The fourth-order valence-electron chi connectivity index (χ4n) is 3.58. The molecule has 0 spiro atoms. The molecule has 0 atom stereocenters. The van der Waals surface area contributed by atoms with Crippen molar-refractivity contribution in [1.29, 1.82) is 0 Å². The van der Waals surface area contributed by atoms with E-state index in [0.29, 0.717) is 0 Å². The van der Waals surface area contributed by atoms with Crippen molar-refractivity contribution in [3.8, 4) is 0 Å². The van der Waals surface area contributed by atoms with Crippen LogP contribution in [0.2, 0.25) is 0 Å². The van der Waals surface area contributed by atoms with Crippen molar-refractivity contribution < 1.29 is 4.79 Å². The summed E-state index contributed by atoms with van der Waals surface area (Å²) in [7, 11) is 0. The number of amides is 1. The van der Waals surface area contributed by atoms with Crippen molar-refractivity contribution in [2.45, 2.75) is 45.7 Å². The number of carbonyl (C=O) groups excluding carboxylic acids is 1. The van der Waals surface area contributed by atoms with Gasteiger partial charge in [0.25, 0.3) is 0 Å². The summed E-state index contributed by atoms with van der Waals surface area (Å²) >= 11 is 0. The highest BCUT2D eigenvalue weighted by Gasteiger charge is 2.39. The van der Waals surface area contributed by atoms with E-state index in [1.54, 1.807) is 0 Å². The zero-order chi connectivity index (χ0) is 18.6. The first-order chi connectivity index (χ1) is 12.4. The Morgan fingerprint density at radius 1 is 0.962 bits per heavy atom. The molecule has 1 heterocycles. The summed E-state index contributed by atoms with van der Waals surface area (Å²) in [6.45, 7) is 8.87. The van der Waals surface area contributed by atoms with Gasteiger partial charge >= 0.3 is 0 Å². The van der Waals surface area contributed by atoms with Gasteiger partial charge in [-0.15, -0.1) is 0 Å². The molecule has 0 radical (unpaired) electrons. The molecule has 3 heteroatoms. The van der Waals surface area contributed by atoms with Crippen molar-refractivity contribution in [2.24, 2.45) is 5.41 Å². The van der Waals surface area contributed by atoms with Gasteiger partial charge in [0.2, 0.25) is 5.91 Å². The highest BCUT2D eigenvalue weighted by atomic mass is 16.2. The molecule has 3 nitrogen and oxygen atoms in total. The normalized spacial score (nSPS) is 17.7. The first kappa shape index (κ1) is 18.7.